The monoisotopic (exact) mass is 276 g/mol. The maximum Gasteiger partial charge on any atom is 0.102 e. The maximum atomic E-state index is 2.38. The molecular weight excluding hydrogens is 256 g/mol. The van der Waals surface area contributed by atoms with E-state index < -0.39 is 0 Å². The fourth-order valence-corrected chi connectivity index (χ4v) is 3.46. The Morgan fingerprint density at radius 3 is 2.57 bits per heavy atom. The predicted molar refractivity (Wildman–Crippen MR) is 88.3 cm³/mol. The van der Waals surface area contributed by atoms with Gasteiger partial charge in [0.05, 0.1) is 0 Å². The predicted octanol–water partition coefficient (Wildman–Crippen LogP) is 4.14. The molecule has 0 radical (unpaired) electrons. The van der Waals surface area contributed by atoms with E-state index in [2.05, 4.69) is 79.5 Å². The van der Waals surface area contributed by atoms with E-state index in [4.69, 9.17) is 0 Å². The number of aryl methyl sites for hydroxylation is 1. The highest BCUT2D eigenvalue weighted by molar-refractivity contribution is 5.80. The highest BCUT2D eigenvalue weighted by atomic mass is 15.4. The topological polar surface area (TPSA) is 6.48 Å². The van der Waals surface area contributed by atoms with Crippen molar-refractivity contribution in [3.8, 4) is 11.1 Å². The van der Waals surface area contributed by atoms with Crippen molar-refractivity contribution in [2.45, 2.75) is 26.4 Å². The highest BCUT2D eigenvalue weighted by Crippen LogP contribution is 2.40. The minimum atomic E-state index is 0.380. The van der Waals surface area contributed by atoms with Crippen LogP contribution in [-0.2, 0) is 6.42 Å². The van der Waals surface area contributed by atoms with E-state index in [0.29, 0.717) is 6.17 Å². The van der Waals surface area contributed by atoms with Gasteiger partial charge in [0.1, 0.15) is 6.17 Å². The maximum absolute atomic E-state index is 2.38. The molecule has 0 amide bonds. The average molecular weight is 276 g/mol. The summed E-state index contributed by atoms with van der Waals surface area (Å²) in [5.41, 5.74) is 8.39. The van der Waals surface area contributed by atoms with Crippen molar-refractivity contribution < 1.29 is 0 Å². The number of anilines is 1. The number of benzene rings is 2. The Labute approximate surface area is 126 Å². The summed E-state index contributed by atoms with van der Waals surface area (Å²) in [6.45, 7) is 4.46. The molecule has 1 aliphatic heterocycles. The van der Waals surface area contributed by atoms with Crippen molar-refractivity contribution in [1.82, 2.24) is 4.90 Å². The molecule has 2 heteroatoms. The van der Waals surface area contributed by atoms with E-state index in [9.17, 15) is 0 Å². The van der Waals surface area contributed by atoms with Crippen LogP contribution in [0.2, 0.25) is 0 Å². The molecule has 2 aromatic rings. The Morgan fingerprint density at radius 1 is 1.00 bits per heavy atom. The Balaban J connectivity index is 1.81. The molecule has 2 aromatic carbocycles. The molecule has 2 nitrogen and oxygen atoms in total. The summed E-state index contributed by atoms with van der Waals surface area (Å²) in [6.07, 6.45) is 5.76. The second-order valence-electron chi connectivity index (χ2n) is 6.13. The third kappa shape index (κ3) is 1.79. The van der Waals surface area contributed by atoms with Gasteiger partial charge >= 0.3 is 0 Å². The summed E-state index contributed by atoms with van der Waals surface area (Å²) < 4.78 is 0. The number of fused-ring (bicyclic) bond motifs is 3. The van der Waals surface area contributed by atoms with Gasteiger partial charge in [0.25, 0.3) is 0 Å². The second-order valence-corrected chi connectivity index (χ2v) is 6.13. The zero-order chi connectivity index (χ0) is 14.6. The molecule has 106 valence electrons. The van der Waals surface area contributed by atoms with Gasteiger partial charge in [-0.05, 0) is 60.2 Å². The van der Waals surface area contributed by atoms with Crippen LogP contribution in [0.3, 0.4) is 0 Å². The summed E-state index contributed by atoms with van der Waals surface area (Å²) >= 11 is 0. The lowest BCUT2D eigenvalue weighted by molar-refractivity contribution is 0.383. The average Bonchev–Trinajstić information content (AvgIpc) is 3.00. The Kier molecular flexibility index (Phi) is 2.61. The van der Waals surface area contributed by atoms with E-state index in [0.717, 1.165) is 6.42 Å². The van der Waals surface area contributed by atoms with Gasteiger partial charge in [0.15, 0.2) is 0 Å². The Bertz CT molecular complexity index is 745. The third-order valence-corrected chi connectivity index (χ3v) is 4.84. The van der Waals surface area contributed by atoms with Crippen molar-refractivity contribution in [3.63, 3.8) is 0 Å². The van der Waals surface area contributed by atoms with Crippen LogP contribution in [0, 0.1) is 6.92 Å². The first-order valence-corrected chi connectivity index (χ1v) is 7.55. The number of hydrogen-bond acceptors (Lipinski definition) is 2. The first-order valence-electron chi connectivity index (χ1n) is 7.55. The fourth-order valence-electron chi connectivity index (χ4n) is 3.46. The molecule has 4 rings (SSSR count). The van der Waals surface area contributed by atoms with E-state index in [1.165, 1.54) is 33.5 Å². The van der Waals surface area contributed by atoms with E-state index in [-0.39, 0.29) is 0 Å². The summed E-state index contributed by atoms with van der Waals surface area (Å²) in [6, 6.07) is 13.5. The largest absolute Gasteiger partial charge is 0.359 e. The van der Waals surface area contributed by atoms with Gasteiger partial charge in [-0.25, -0.2) is 0 Å². The first-order chi connectivity index (χ1) is 10.1. The number of rotatable bonds is 1. The van der Waals surface area contributed by atoms with Gasteiger partial charge in [-0.1, -0.05) is 24.3 Å². The van der Waals surface area contributed by atoms with Crippen LogP contribution in [-0.4, -0.2) is 18.1 Å². The molecule has 0 N–H and O–H groups in total. The molecule has 0 spiro atoms. The summed E-state index contributed by atoms with van der Waals surface area (Å²) in [4.78, 5) is 4.60. The lowest BCUT2D eigenvalue weighted by Crippen LogP contribution is -2.33. The summed E-state index contributed by atoms with van der Waals surface area (Å²) in [5, 5.41) is 0. The molecule has 0 fully saturated rings. The molecule has 2 aliphatic rings. The normalized spacial score (nSPS) is 19.1. The van der Waals surface area contributed by atoms with Crippen LogP contribution >= 0.6 is 0 Å². The summed E-state index contributed by atoms with van der Waals surface area (Å²) in [5.74, 6) is 0. The van der Waals surface area contributed by atoms with E-state index in [1.54, 1.807) is 0 Å². The van der Waals surface area contributed by atoms with Crippen LogP contribution < -0.4 is 4.90 Å². The Hall–Kier alpha value is -2.22. The minimum absolute atomic E-state index is 0.380. The molecule has 1 atom stereocenters. The van der Waals surface area contributed by atoms with Gasteiger partial charge in [-0.15, -0.1) is 0 Å². The molecular formula is C19H20N2. The number of hydrogen-bond donors (Lipinski definition) is 0. The van der Waals surface area contributed by atoms with Gasteiger partial charge in [-0.3, -0.25) is 0 Å². The van der Waals surface area contributed by atoms with Crippen LogP contribution in [0.15, 0.2) is 48.8 Å². The van der Waals surface area contributed by atoms with Gasteiger partial charge in [0, 0.05) is 25.1 Å². The van der Waals surface area contributed by atoms with Crippen LogP contribution in [0.1, 0.15) is 23.6 Å². The SMILES string of the molecule is Cc1cc2c(cc1N1C=CN(C)[C@@H]1C)Cc1ccccc1-2. The molecule has 0 aromatic heterocycles. The van der Waals surface area contributed by atoms with Gasteiger partial charge < -0.3 is 9.80 Å². The third-order valence-electron chi connectivity index (χ3n) is 4.84. The second kappa shape index (κ2) is 4.39. The van der Waals surface area contributed by atoms with Gasteiger partial charge in [0.2, 0.25) is 0 Å². The fraction of sp³-hybridized carbons (Fsp3) is 0.263. The van der Waals surface area contributed by atoms with Crippen molar-refractivity contribution in [2.75, 3.05) is 11.9 Å². The quantitative estimate of drug-likeness (QED) is 0.659. The standard InChI is InChI=1S/C19H20N2/c1-13-10-18-16(11-15-6-4-5-7-17(15)18)12-19(13)21-9-8-20(3)14(21)2/h4-10,12,14H,11H2,1-3H3/t14-/m0/s1. The highest BCUT2D eigenvalue weighted by Gasteiger charge is 2.25. The van der Waals surface area contributed by atoms with Crippen LogP contribution in [0.4, 0.5) is 5.69 Å². The van der Waals surface area contributed by atoms with Crippen LogP contribution in [0.5, 0.6) is 0 Å². The molecule has 0 bridgehead atoms. The molecule has 0 saturated carbocycles. The summed E-state index contributed by atoms with van der Waals surface area (Å²) in [7, 11) is 2.12. The minimum Gasteiger partial charge on any atom is -0.359 e. The zero-order valence-electron chi connectivity index (χ0n) is 12.8. The first kappa shape index (κ1) is 12.5. The Morgan fingerprint density at radius 2 is 1.81 bits per heavy atom. The smallest absolute Gasteiger partial charge is 0.102 e. The lowest BCUT2D eigenvalue weighted by Gasteiger charge is -2.29. The van der Waals surface area contributed by atoms with Crippen LogP contribution in [0.25, 0.3) is 11.1 Å². The zero-order valence-corrected chi connectivity index (χ0v) is 12.8. The lowest BCUT2D eigenvalue weighted by atomic mass is 10.0. The van der Waals surface area contributed by atoms with E-state index >= 15 is 0 Å². The number of nitrogens with zero attached hydrogens (tertiary/aromatic N) is 2. The molecule has 0 unspecified atom stereocenters. The van der Waals surface area contributed by atoms with Gasteiger partial charge in [-0.2, -0.15) is 0 Å². The molecule has 0 saturated heterocycles. The van der Waals surface area contributed by atoms with Crippen molar-refractivity contribution in [1.29, 1.82) is 0 Å². The van der Waals surface area contributed by atoms with Crippen molar-refractivity contribution in [2.24, 2.45) is 0 Å². The molecule has 21 heavy (non-hydrogen) atoms. The molecule has 1 heterocycles. The van der Waals surface area contributed by atoms with Crippen molar-refractivity contribution in [3.05, 3.63) is 65.5 Å². The molecule has 1 aliphatic carbocycles. The van der Waals surface area contributed by atoms with Crippen molar-refractivity contribution >= 4 is 5.69 Å². The van der Waals surface area contributed by atoms with E-state index in [1.807, 2.05) is 0 Å².